The molecule has 2 aromatic rings. The van der Waals surface area contributed by atoms with Crippen molar-refractivity contribution < 1.29 is 18.7 Å². The van der Waals surface area contributed by atoms with Crippen molar-refractivity contribution in [1.82, 2.24) is 10.2 Å². The summed E-state index contributed by atoms with van der Waals surface area (Å²) < 4.78 is 20.4. The van der Waals surface area contributed by atoms with E-state index in [0.717, 1.165) is 24.8 Å². The molecule has 0 aromatic heterocycles. The number of nitrogens with two attached hydrogens (primary N) is 1. The van der Waals surface area contributed by atoms with Gasteiger partial charge in [-0.2, -0.15) is 0 Å². The Balaban J connectivity index is 1.57. The molecule has 2 aliphatic rings. The number of benzene rings is 2. The van der Waals surface area contributed by atoms with E-state index in [1.54, 1.807) is 4.90 Å². The summed E-state index contributed by atoms with van der Waals surface area (Å²) in [6.45, 7) is 1.63. The van der Waals surface area contributed by atoms with Crippen LogP contribution in [0.25, 0.3) is 0 Å². The fourth-order valence-electron chi connectivity index (χ4n) is 4.44. The van der Waals surface area contributed by atoms with Crippen molar-refractivity contribution in [1.29, 1.82) is 0 Å². The predicted octanol–water partition coefficient (Wildman–Crippen LogP) is 3.00. The molecule has 0 bridgehead atoms. The first-order chi connectivity index (χ1) is 14.5. The zero-order chi connectivity index (χ0) is 21.1. The van der Waals surface area contributed by atoms with Crippen LogP contribution in [0.4, 0.5) is 4.39 Å². The number of carbonyl (C=O) groups is 2. The largest absolute Gasteiger partial charge is 0.457 e. The predicted molar refractivity (Wildman–Crippen MR) is 111 cm³/mol. The van der Waals surface area contributed by atoms with Gasteiger partial charge in [0.25, 0.3) is 5.91 Å². The zero-order valence-electron chi connectivity index (χ0n) is 16.8. The number of likely N-dealkylation sites (tertiary alicyclic amines) is 1. The maximum absolute atomic E-state index is 14.6. The Morgan fingerprint density at radius 3 is 2.60 bits per heavy atom. The van der Waals surface area contributed by atoms with E-state index in [1.807, 2.05) is 24.3 Å². The van der Waals surface area contributed by atoms with Crippen molar-refractivity contribution in [3.05, 3.63) is 59.4 Å². The van der Waals surface area contributed by atoms with E-state index in [-0.39, 0.29) is 11.5 Å². The molecule has 0 aliphatic carbocycles. The van der Waals surface area contributed by atoms with Crippen molar-refractivity contribution in [3.8, 4) is 11.5 Å². The van der Waals surface area contributed by atoms with Crippen LogP contribution >= 0.6 is 0 Å². The summed E-state index contributed by atoms with van der Waals surface area (Å²) in [5.41, 5.74) is 5.73. The Kier molecular flexibility index (Phi) is 5.72. The van der Waals surface area contributed by atoms with Crippen LogP contribution in [0.15, 0.2) is 42.5 Å². The van der Waals surface area contributed by atoms with Gasteiger partial charge in [-0.1, -0.05) is 12.1 Å². The molecule has 7 heteroatoms. The molecule has 2 saturated heterocycles. The molecule has 0 saturated carbocycles. The lowest BCUT2D eigenvalue weighted by atomic mass is 9.86. The smallest absolute Gasteiger partial charge is 0.257 e. The third-order valence-corrected chi connectivity index (χ3v) is 5.97. The Hall–Kier alpha value is -2.93. The van der Waals surface area contributed by atoms with Gasteiger partial charge in [-0.05, 0) is 74.5 Å². The fourth-order valence-corrected chi connectivity index (χ4v) is 4.44. The maximum atomic E-state index is 14.6. The van der Waals surface area contributed by atoms with E-state index >= 15 is 0 Å². The summed E-state index contributed by atoms with van der Waals surface area (Å²) in [6, 6.07) is 11.6. The Morgan fingerprint density at radius 1 is 1.13 bits per heavy atom. The van der Waals surface area contributed by atoms with Gasteiger partial charge in [0, 0.05) is 13.1 Å². The summed E-state index contributed by atoms with van der Waals surface area (Å²) >= 11 is 0. The van der Waals surface area contributed by atoms with E-state index in [1.165, 1.54) is 18.2 Å². The lowest BCUT2D eigenvalue weighted by Crippen LogP contribution is -2.60. The van der Waals surface area contributed by atoms with E-state index in [0.29, 0.717) is 44.0 Å². The number of rotatable bonds is 5. The molecule has 2 aliphatic heterocycles. The summed E-state index contributed by atoms with van der Waals surface area (Å²) in [7, 11) is 0. The fraction of sp³-hybridized carbons (Fsp3) is 0.391. The van der Waals surface area contributed by atoms with Crippen molar-refractivity contribution in [2.45, 2.75) is 37.6 Å². The molecule has 1 spiro atoms. The minimum atomic E-state index is -0.864. The normalized spacial score (nSPS) is 21.0. The summed E-state index contributed by atoms with van der Waals surface area (Å²) in [5.74, 6) is -0.266. The van der Waals surface area contributed by atoms with Crippen molar-refractivity contribution in [2.75, 3.05) is 19.6 Å². The number of ether oxygens (including phenoxy) is 1. The van der Waals surface area contributed by atoms with E-state index < -0.39 is 17.3 Å². The van der Waals surface area contributed by atoms with Crippen molar-refractivity contribution in [3.63, 3.8) is 0 Å². The quantitative estimate of drug-likeness (QED) is 0.792. The Labute approximate surface area is 175 Å². The minimum Gasteiger partial charge on any atom is -0.457 e. The molecule has 3 N–H and O–H groups in total. The highest BCUT2D eigenvalue weighted by Gasteiger charge is 2.50. The molecule has 30 heavy (non-hydrogen) atoms. The molecular formula is C23H26FN3O3. The highest BCUT2D eigenvalue weighted by molar-refractivity contribution is 6.00. The molecular weight excluding hydrogens is 385 g/mol. The SMILES string of the molecule is NCCc1ccc(Oc2ccc(F)c(C(=O)N3CCCC34CCCNC4=O)c2)cc1. The van der Waals surface area contributed by atoms with Gasteiger partial charge in [0.2, 0.25) is 5.91 Å². The second-order valence-electron chi connectivity index (χ2n) is 7.88. The van der Waals surface area contributed by atoms with Gasteiger partial charge in [0.1, 0.15) is 22.9 Å². The van der Waals surface area contributed by atoms with Crippen LogP contribution in [0.5, 0.6) is 11.5 Å². The topological polar surface area (TPSA) is 84.7 Å². The zero-order valence-corrected chi connectivity index (χ0v) is 16.8. The van der Waals surface area contributed by atoms with Gasteiger partial charge < -0.3 is 20.7 Å². The van der Waals surface area contributed by atoms with E-state index in [2.05, 4.69) is 5.32 Å². The van der Waals surface area contributed by atoms with Gasteiger partial charge in [-0.25, -0.2) is 4.39 Å². The summed E-state index contributed by atoms with van der Waals surface area (Å²) in [6.07, 6.45) is 3.53. The second kappa shape index (κ2) is 8.44. The number of hydrogen-bond acceptors (Lipinski definition) is 4. The number of piperidine rings is 1. The molecule has 2 amide bonds. The molecule has 6 nitrogen and oxygen atoms in total. The lowest BCUT2D eigenvalue weighted by Gasteiger charge is -2.40. The van der Waals surface area contributed by atoms with Crippen molar-refractivity contribution >= 4 is 11.8 Å². The van der Waals surface area contributed by atoms with Crippen LogP contribution in [0, 0.1) is 5.82 Å². The first-order valence-corrected chi connectivity index (χ1v) is 10.4. The number of hydrogen-bond donors (Lipinski definition) is 2. The average Bonchev–Trinajstić information content (AvgIpc) is 3.17. The molecule has 2 heterocycles. The number of amides is 2. The van der Waals surface area contributed by atoms with E-state index in [9.17, 15) is 14.0 Å². The lowest BCUT2D eigenvalue weighted by molar-refractivity contribution is -0.133. The first-order valence-electron chi connectivity index (χ1n) is 10.4. The van der Waals surface area contributed by atoms with Gasteiger partial charge in [-0.3, -0.25) is 9.59 Å². The first kappa shape index (κ1) is 20.3. The van der Waals surface area contributed by atoms with Crippen LogP contribution in [0.1, 0.15) is 41.6 Å². The standard InChI is InChI=1S/C23H26FN3O3/c24-20-8-7-18(30-17-5-3-16(4-6-17)9-12-25)15-19(20)21(28)27-14-2-11-23(27)10-1-13-26-22(23)29/h3-8,15H,1-2,9-14,25H2,(H,26,29). The van der Waals surface area contributed by atoms with Gasteiger partial charge >= 0.3 is 0 Å². The van der Waals surface area contributed by atoms with Gasteiger partial charge in [0.15, 0.2) is 0 Å². The molecule has 2 aromatic carbocycles. The van der Waals surface area contributed by atoms with E-state index in [4.69, 9.17) is 10.5 Å². The number of nitrogens with zero attached hydrogens (tertiary/aromatic N) is 1. The summed E-state index contributed by atoms with van der Waals surface area (Å²) in [4.78, 5) is 27.4. The third kappa shape index (κ3) is 3.77. The minimum absolute atomic E-state index is 0.0769. The maximum Gasteiger partial charge on any atom is 0.257 e. The molecule has 2 fully saturated rings. The highest BCUT2D eigenvalue weighted by atomic mass is 19.1. The van der Waals surface area contributed by atoms with Crippen LogP contribution in [0.3, 0.4) is 0 Å². The van der Waals surface area contributed by atoms with Gasteiger partial charge in [-0.15, -0.1) is 0 Å². The van der Waals surface area contributed by atoms with Crippen LogP contribution in [-0.4, -0.2) is 41.9 Å². The average molecular weight is 411 g/mol. The van der Waals surface area contributed by atoms with Crippen LogP contribution < -0.4 is 15.8 Å². The third-order valence-electron chi connectivity index (χ3n) is 5.97. The molecule has 158 valence electrons. The highest BCUT2D eigenvalue weighted by Crippen LogP contribution is 2.37. The van der Waals surface area contributed by atoms with Crippen molar-refractivity contribution in [2.24, 2.45) is 5.73 Å². The molecule has 1 unspecified atom stereocenters. The second-order valence-corrected chi connectivity index (χ2v) is 7.88. The number of nitrogens with one attached hydrogen (secondary N) is 1. The summed E-state index contributed by atoms with van der Waals surface area (Å²) in [5, 5.41) is 2.86. The number of halogens is 1. The Morgan fingerprint density at radius 2 is 1.87 bits per heavy atom. The molecule has 4 rings (SSSR count). The Bertz CT molecular complexity index is 947. The molecule has 1 atom stereocenters. The monoisotopic (exact) mass is 411 g/mol. The van der Waals surface area contributed by atoms with Crippen LogP contribution in [0.2, 0.25) is 0 Å². The van der Waals surface area contributed by atoms with Crippen LogP contribution in [-0.2, 0) is 11.2 Å². The van der Waals surface area contributed by atoms with Gasteiger partial charge in [0.05, 0.1) is 5.56 Å². The molecule has 0 radical (unpaired) electrons. The number of carbonyl (C=O) groups excluding carboxylic acids is 2.